The smallest absolute Gasteiger partial charge is 0.113 e. The molecule has 4 aliphatic rings. The van der Waals surface area contributed by atoms with Crippen molar-refractivity contribution in [1.82, 2.24) is 9.13 Å². The molecule has 258 valence electrons. The molecular weight excluding hydrogens is 685 g/mol. The maximum absolute atomic E-state index is 2.59. The van der Waals surface area contributed by atoms with E-state index >= 15 is 0 Å². The Morgan fingerprint density at radius 2 is 1.00 bits per heavy atom. The minimum Gasteiger partial charge on any atom is -0.309 e. The Labute approximate surface area is 317 Å². The van der Waals surface area contributed by atoms with E-state index in [-0.39, 0.29) is 0 Å². The normalized spacial score (nSPS) is 20.2. The van der Waals surface area contributed by atoms with Crippen LogP contribution in [-0.4, -0.2) is 25.3 Å². The predicted octanol–water partition coefficient (Wildman–Crippen LogP) is 11.4. The Morgan fingerprint density at radius 3 is 1.56 bits per heavy atom. The van der Waals surface area contributed by atoms with Gasteiger partial charge in [-0.05, 0) is 86.4 Å². The van der Waals surface area contributed by atoms with Gasteiger partial charge >= 0.3 is 0 Å². The van der Waals surface area contributed by atoms with Crippen molar-refractivity contribution in [2.45, 2.75) is 32.1 Å². The van der Waals surface area contributed by atoms with Crippen LogP contribution < -0.4 is 10.4 Å². The van der Waals surface area contributed by atoms with Crippen molar-refractivity contribution in [3.05, 3.63) is 185 Å². The second-order valence-corrected chi connectivity index (χ2v) is 25.6. The van der Waals surface area contributed by atoms with Gasteiger partial charge in [-0.15, -0.1) is 0 Å². The summed E-state index contributed by atoms with van der Waals surface area (Å²) < 4.78 is 4.97. The molecule has 2 atom stereocenters. The number of nitrogens with zero attached hydrogens (tertiary/aromatic N) is 2. The Balaban J connectivity index is 0.977. The summed E-state index contributed by atoms with van der Waals surface area (Å²) in [6, 6.07) is 50.3. The van der Waals surface area contributed by atoms with Crippen LogP contribution >= 0.6 is 0 Å². The first-order valence-corrected chi connectivity index (χ1v) is 25.4. The van der Waals surface area contributed by atoms with Gasteiger partial charge in [-0.25, -0.2) is 0 Å². The highest BCUT2D eigenvalue weighted by Gasteiger charge is 2.51. The summed E-state index contributed by atoms with van der Waals surface area (Å²) >= 11 is 0. The van der Waals surface area contributed by atoms with E-state index in [4.69, 9.17) is 0 Å². The molecule has 0 amide bonds. The van der Waals surface area contributed by atoms with Crippen molar-refractivity contribution in [3.63, 3.8) is 0 Å². The van der Waals surface area contributed by atoms with Crippen LogP contribution in [0.3, 0.4) is 0 Å². The Hall–Kier alpha value is -5.69. The highest BCUT2D eigenvalue weighted by Crippen LogP contribution is 2.55. The first-order chi connectivity index (χ1) is 26.3. The number of para-hydroxylation sites is 4. The van der Waals surface area contributed by atoms with Gasteiger partial charge in [-0.2, -0.15) is 0 Å². The maximum atomic E-state index is 2.59. The fourth-order valence-corrected chi connectivity index (χ4v) is 17.5. The fraction of sp³-hybridized carbons (Fsp3) is 0.120. The van der Waals surface area contributed by atoms with E-state index in [9.17, 15) is 0 Å². The molecule has 0 spiro atoms. The quantitative estimate of drug-likeness (QED) is 0.157. The van der Waals surface area contributed by atoms with Gasteiger partial charge < -0.3 is 9.13 Å². The van der Waals surface area contributed by atoms with Crippen LogP contribution in [0.5, 0.6) is 0 Å². The molecule has 4 heterocycles. The van der Waals surface area contributed by atoms with Crippen LogP contribution in [0.4, 0.5) is 0 Å². The number of hydrogen-bond acceptors (Lipinski definition) is 0. The first-order valence-electron chi connectivity index (χ1n) is 19.4. The molecule has 4 heteroatoms. The molecule has 12 rings (SSSR count). The third-order valence-electron chi connectivity index (χ3n) is 13.6. The average Bonchev–Trinajstić information content (AvgIpc) is 3.86. The third-order valence-corrected chi connectivity index (χ3v) is 20.8. The lowest BCUT2D eigenvalue weighted by Gasteiger charge is -2.35. The van der Waals surface area contributed by atoms with Crippen molar-refractivity contribution in [1.29, 1.82) is 0 Å². The molecule has 0 N–H and O–H groups in total. The molecule has 54 heavy (non-hydrogen) atoms. The van der Waals surface area contributed by atoms with Crippen LogP contribution in [0.15, 0.2) is 174 Å². The lowest BCUT2D eigenvalue weighted by molar-refractivity contribution is 0.670. The number of hydrogen-bond donors (Lipinski definition) is 0. The van der Waals surface area contributed by atoms with Gasteiger partial charge in [-0.3, -0.25) is 0 Å². The van der Waals surface area contributed by atoms with Crippen LogP contribution in [0.2, 0.25) is 26.2 Å². The highest BCUT2D eigenvalue weighted by molar-refractivity contribution is 6.99. The van der Waals surface area contributed by atoms with Gasteiger partial charge in [0.15, 0.2) is 0 Å². The van der Waals surface area contributed by atoms with E-state index in [0.717, 1.165) is 0 Å². The van der Waals surface area contributed by atoms with E-state index < -0.39 is 16.1 Å². The van der Waals surface area contributed by atoms with E-state index in [1.165, 1.54) is 71.7 Å². The number of aromatic nitrogens is 2. The molecule has 0 saturated carbocycles. The Morgan fingerprint density at radius 1 is 0.500 bits per heavy atom. The van der Waals surface area contributed by atoms with Crippen molar-refractivity contribution in [2.24, 2.45) is 5.92 Å². The summed E-state index contributed by atoms with van der Waals surface area (Å²) in [5, 5.41) is 11.7. The summed E-state index contributed by atoms with van der Waals surface area (Å²) in [6.45, 7) is 10.3. The number of fused-ring (bicyclic) bond motifs is 14. The zero-order valence-electron chi connectivity index (χ0n) is 31.1. The van der Waals surface area contributed by atoms with Crippen molar-refractivity contribution < 1.29 is 0 Å². The zero-order chi connectivity index (χ0) is 36.1. The largest absolute Gasteiger partial charge is 0.309 e. The molecular formula is C50H40N2Si2. The summed E-state index contributed by atoms with van der Waals surface area (Å²) in [7, 11) is -3.91. The Bertz CT molecular complexity index is 3020. The summed E-state index contributed by atoms with van der Waals surface area (Å²) in [6.07, 6.45) is 10.2. The molecule has 0 bridgehead atoms. The summed E-state index contributed by atoms with van der Waals surface area (Å²) in [5.74, 6) is 0.744. The molecule has 2 aromatic heterocycles. The summed E-state index contributed by atoms with van der Waals surface area (Å²) in [5.41, 5.74) is 13.7. The maximum Gasteiger partial charge on any atom is 0.113 e. The van der Waals surface area contributed by atoms with Gasteiger partial charge in [0.25, 0.3) is 0 Å². The third kappa shape index (κ3) is 3.79. The molecule has 6 aromatic carbocycles. The molecule has 2 aliphatic heterocycles. The van der Waals surface area contributed by atoms with Crippen molar-refractivity contribution in [3.8, 4) is 11.4 Å². The van der Waals surface area contributed by atoms with Gasteiger partial charge in [0.05, 0.1) is 22.1 Å². The molecule has 2 unspecified atom stereocenters. The van der Waals surface area contributed by atoms with Crippen LogP contribution in [-0.2, 0) is 0 Å². The van der Waals surface area contributed by atoms with Crippen molar-refractivity contribution in [2.75, 3.05) is 0 Å². The average molecular weight is 725 g/mol. The molecule has 8 aromatic rings. The molecule has 0 fully saturated rings. The van der Waals surface area contributed by atoms with Gasteiger partial charge in [-0.1, -0.05) is 141 Å². The fourth-order valence-electron chi connectivity index (χ4n) is 11.1. The van der Waals surface area contributed by atoms with Gasteiger partial charge in [0.1, 0.15) is 16.1 Å². The van der Waals surface area contributed by atoms with Gasteiger partial charge in [0.2, 0.25) is 0 Å². The van der Waals surface area contributed by atoms with E-state index in [1.807, 2.05) is 0 Å². The predicted molar refractivity (Wildman–Crippen MR) is 234 cm³/mol. The lowest BCUT2D eigenvalue weighted by atomic mass is 9.72. The van der Waals surface area contributed by atoms with Crippen molar-refractivity contribution >= 4 is 75.7 Å². The molecule has 2 nitrogen and oxygen atoms in total. The van der Waals surface area contributed by atoms with Crippen LogP contribution in [0.25, 0.3) is 60.6 Å². The number of allylic oxidation sites excluding steroid dienone is 8. The van der Waals surface area contributed by atoms with E-state index in [0.29, 0.717) is 11.8 Å². The zero-order valence-corrected chi connectivity index (χ0v) is 33.1. The SMILES string of the molecule is C[Si]1(C)C2=C(C3=CC=C4C(c5ccc(-n6c7ccccc7c7ccccc76)cc5[Si]4(C)C)C3C=C2)c2ccc(-n3c4ccccc4c4ccccc43)cc21. The monoisotopic (exact) mass is 724 g/mol. The first kappa shape index (κ1) is 30.7. The van der Waals surface area contributed by atoms with Crippen LogP contribution in [0, 0.1) is 5.92 Å². The van der Waals surface area contributed by atoms with E-state index in [2.05, 4.69) is 193 Å². The number of benzene rings is 6. The Kier molecular flexibility index (Phi) is 5.98. The standard InChI is InChI=1S/C50H40N2Si2/c1-53(2)45-27-25-38-37(49(45)39-23-21-31(29-47(39)53)51-41-17-9-5-13-33(41)34-14-6-10-18-42(34)51)26-28-46-50(38)40-24-22-32(30-48(40)54(46,3)4)52-43-19-11-7-15-35(43)36-16-8-12-20-44(36)52/h5-30,37,49H,1-4H3. The second-order valence-electron chi connectivity index (χ2n) is 16.9. The second kappa shape index (κ2) is 10.5. The highest BCUT2D eigenvalue weighted by atomic mass is 28.3. The van der Waals surface area contributed by atoms with Gasteiger partial charge in [0, 0.05) is 44.8 Å². The van der Waals surface area contributed by atoms with Crippen LogP contribution in [0.1, 0.15) is 17.0 Å². The van der Waals surface area contributed by atoms with E-state index in [1.54, 1.807) is 26.3 Å². The topological polar surface area (TPSA) is 9.86 Å². The minimum atomic E-state index is -1.97. The minimum absolute atomic E-state index is 0.351. The molecule has 0 saturated heterocycles. The molecule has 2 aliphatic carbocycles. The molecule has 0 radical (unpaired) electrons. The lowest BCUT2D eigenvalue weighted by Crippen LogP contribution is -2.41. The summed E-state index contributed by atoms with van der Waals surface area (Å²) in [4.78, 5) is 0. The number of rotatable bonds is 2.